The number of aromatic nitrogens is 1. The van der Waals surface area contributed by atoms with Gasteiger partial charge >= 0.3 is 0 Å². The summed E-state index contributed by atoms with van der Waals surface area (Å²) in [6, 6.07) is 4.71. The number of halogens is 6. The maximum absolute atomic E-state index is 15.2. The summed E-state index contributed by atoms with van der Waals surface area (Å²) < 4.78 is 88.1. The van der Waals surface area contributed by atoms with Gasteiger partial charge in [0, 0.05) is 39.2 Å². The largest absolute Gasteiger partial charge is 0.374 e. The van der Waals surface area contributed by atoms with Crippen molar-refractivity contribution in [1.82, 2.24) is 9.88 Å². The molecule has 0 radical (unpaired) electrons. The van der Waals surface area contributed by atoms with Crippen molar-refractivity contribution in [3.05, 3.63) is 46.1 Å². The highest BCUT2D eigenvalue weighted by Gasteiger charge is 2.45. The molecule has 2 fully saturated rings. The minimum Gasteiger partial charge on any atom is -0.374 e. The van der Waals surface area contributed by atoms with Crippen LogP contribution in [0.15, 0.2) is 29.2 Å². The molecule has 3 heterocycles. The van der Waals surface area contributed by atoms with Crippen molar-refractivity contribution in [3.8, 4) is 0 Å². The number of nitrogens with one attached hydrogen (secondary N) is 1. The molecular formula is C23H26Cl2F4N4O3S. The van der Waals surface area contributed by atoms with Crippen LogP contribution in [0.2, 0.25) is 10.0 Å². The van der Waals surface area contributed by atoms with Gasteiger partial charge < -0.3 is 14.5 Å². The standard InChI is InChI=1S/C23H26Cl2F4N4O3S/c1-36-23(7-9-32-8-3-4-14(11-32)22(28)29)12-33(13-23)16-10-15(24)21(20(27)19(16)25)37(34,35)31-18-6-2-5-17(26)30-18/h2,5-6,10,14,22H,3-4,7-9,11-13H2,1H3,(H,30,31). The fraction of sp³-hybridized carbons (Fsp3) is 0.522. The van der Waals surface area contributed by atoms with E-state index in [0.29, 0.717) is 45.4 Å². The molecule has 0 aliphatic carbocycles. The number of alkyl halides is 2. The molecule has 7 nitrogen and oxygen atoms in total. The van der Waals surface area contributed by atoms with E-state index < -0.39 is 54.7 Å². The predicted octanol–water partition coefficient (Wildman–Crippen LogP) is 5.04. The highest BCUT2D eigenvalue weighted by molar-refractivity contribution is 7.92. The number of piperidine rings is 1. The van der Waals surface area contributed by atoms with Crippen molar-refractivity contribution in [2.45, 2.75) is 36.2 Å². The molecule has 0 spiro atoms. The van der Waals surface area contributed by atoms with Crippen LogP contribution >= 0.6 is 23.2 Å². The van der Waals surface area contributed by atoms with Crippen LogP contribution in [0.25, 0.3) is 0 Å². The first kappa shape index (κ1) is 28.2. The monoisotopic (exact) mass is 584 g/mol. The summed E-state index contributed by atoms with van der Waals surface area (Å²) in [4.78, 5) is 6.23. The lowest BCUT2D eigenvalue weighted by atomic mass is 9.88. The van der Waals surface area contributed by atoms with Gasteiger partial charge in [-0.1, -0.05) is 29.3 Å². The van der Waals surface area contributed by atoms with Crippen molar-refractivity contribution in [2.75, 3.05) is 49.5 Å². The molecule has 1 unspecified atom stereocenters. The Morgan fingerprint density at radius 3 is 2.65 bits per heavy atom. The number of sulfonamides is 1. The number of hydrogen-bond acceptors (Lipinski definition) is 6. The van der Waals surface area contributed by atoms with Crippen LogP contribution in [-0.4, -0.2) is 70.2 Å². The Balaban J connectivity index is 1.46. The average Bonchev–Trinajstić information content (AvgIpc) is 2.81. The van der Waals surface area contributed by atoms with Crippen molar-refractivity contribution < 1.29 is 30.7 Å². The first-order valence-corrected chi connectivity index (χ1v) is 13.8. The molecule has 2 aromatic rings. The van der Waals surface area contributed by atoms with E-state index in [9.17, 15) is 21.6 Å². The van der Waals surface area contributed by atoms with Crippen LogP contribution in [0.5, 0.6) is 0 Å². The summed E-state index contributed by atoms with van der Waals surface area (Å²) in [5, 5.41) is -0.862. The normalized spacial score (nSPS) is 20.2. The molecular weight excluding hydrogens is 559 g/mol. The molecule has 37 heavy (non-hydrogen) atoms. The van der Waals surface area contributed by atoms with Gasteiger partial charge in [0.05, 0.1) is 10.7 Å². The zero-order valence-electron chi connectivity index (χ0n) is 19.9. The Bertz CT molecular complexity index is 1250. The summed E-state index contributed by atoms with van der Waals surface area (Å²) in [6.45, 7) is 2.30. The Hall–Kier alpha value is -1.86. The van der Waals surface area contributed by atoms with E-state index in [0.717, 1.165) is 12.6 Å². The molecule has 0 bridgehead atoms. The minimum absolute atomic E-state index is 0.190. The SMILES string of the molecule is COC1(CCN2CCCC(C(F)F)C2)CN(c2cc(Cl)c(S(=O)(=O)Nc3cccc(F)n3)c(F)c2Cl)C1. The number of ether oxygens (including phenoxy) is 1. The van der Waals surface area contributed by atoms with Gasteiger partial charge in [-0.25, -0.2) is 26.6 Å². The number of benzene rings is 1. The number of methoxy groups -OCH3 is 1. The smallest absolute Gasteiger partial charge is 0.267 e. The van der Waals surface area contributed by atoms with E-state index in [1.54, 1.807) is 12.0 Å². The zero-order chi connectivity index (χ0) is 27.0. The van der Waals surface area contributed by atoms with Crippen molar-refractivity contribution in [3.63, 3.8) is 0 Å². The summed E-state index contributed by atoms with van der Waals surface area (Å²) in [5.74, 6) is -3.16. The molecule has 2 saturated heterocycles. The van der Waals surface area contributed by atoms with Crippen LogP contribution in [0, 0.1) is 17.7 Å². The highest BCUT2D eigenvalue weighted by atomic mass is 35.5. The Morgan fingerprint density at radius 2 is 2.00 bits per heavy atom. The Morgan fingerprint density at radius 1 is 1.27 bits per heavy atom. The fourth-order valence-corrected chi connectivity index (χ4v) is 6.73. The number of anilines is 2. The topological polar surface area (TPSA) is 74.8 Å². The molecule has 1 N–H and O–H groups in total. The summed E-state index contributed by atoms with van der Waals surface area (Å²) in [7, 11) is -3.03. The Labute approximate surface area is 222 Å². The maximum Gasteiger partial charge on any atom is 0.267 e. The van der Waals surface area contributed by atoms with Gasteiger partial charge in [-0.15, -0.1) is 0 Å². The first-order valence-electron chi connectivity index (χ1n) is 11.6. The van der Waals surface area contributed by atoms with Crippen LogP contribution in [0.3, 0.4) is 0 Å². The van der Waals surface area contributed by atoms with Crippen LogP contribution in [0.1, 0.15) is 19.3 Å². The van der Waals surface area contributed by atoms with Crippen molar-refractivity contribution in [1.29, 1.82) is 0 Å². The molecule has 1 atom stereocenters. The fourth-order valence-electron chi connectivity index (χ4n) is 4.77. The summed E-state index contributed by atoms with van der Waals surface area (Å²) >= 11 is 12.4. The first-order chi connectivity index (χ1) is 17.4. The van der Waals surface area contributed by atoms with E-state index in [-0.39, 0.29) is 11.5 Å². The lowest BCUT2D eigenvalue weighted by Crippen LogP contribution is -2.64. The molecule has 0 saturated carbocycles. The van der Waals surface area contributed by atoms with Crippen LogP contribution < -0.4 is 9.62 Å². The van der Waals surface area contributed by atoms with E-state index in [1.165, 1.54) is 18.2 Å². The van der Waals surface area contributed by atoms with Crippen LogP contribution in [0.4, 0.5) is 29.1 Å². The molecule has 2 aliphatic heterocycles. The third-order valence-electron chi connectivity index (χ3n) is 6.83. The van der Waals surface area contributed by atoms with E-state index in [4.69, 9.17) is 27.9 Å². The second kappa shape index (κ2) is 11.1. The second-order valence-electron chi connectivity index (χ2n) is 9.32. The number of pyridine rings is 1. The quantitative estimate of drug-likeness (QED) is 0.253. The molecule has 1 aromatic heterocycles. The number of hydrogen-bond donors (Lipinski definition) is 1. The van der Waals surface area contributed by atoms with Crippen molar-refractivity contribution >= 4 is 44.7 Å². The van der Waals surface area contributed by atoms with Gasteiger partial charge in [-0.2, -0.15) is 4.39 Å². The highest BCUT2D eigenvalue weighted by Crippen LogP contribution is 2.42. The van der Waals surface area contributed by atoms with E-state index >= 15 is 4.39 Å². The van der Waals surface area contributed by atoms with Gasteiger partial charge in [0.1, 0.15) is 21.3 Å². The average molecular weight is 585 g/mol. The third-order valence-corrected chi connectivity index (χ3v) is 9.02. The molecule has 0 amide bonds. The molecule has 1 aromatic carbocycles. The predicted molar refractivity (Wildman–Crippen MR) is 133 cm³/mol. The molecule has 4 rings (SSSR count). The van der Waals surface area contributed by atoms with E-state index in [2.05, 4.69) is 4.98 Å². The number of nitrogens with zero attached hydrogens (tertiary/aromatic N) is 3. The molecule has 204 valence electrons. The second-order valence-corrected chi connectivity index (χ2v) is 11.7. The number of likely N-dealkylation sites (tertiary alicyclic amines) is 1. The number of rotatable bonds is 9. The van der Waals surface area contributed by atoms with Gasteiger partial charge in [0.15, 0.2) is 5.82 Å². The summed E-state index contributed by atoms with van der Waals surface area (Å²) in [6.07, 6.45) is -0.538. The summed E-state index contributed by atoms with van der Waals surface area (Å²) in [5.41, 5.74) is -0.408. The van der Waals surface area contributed by atoms with Gasteiger partial charge in [-0.3, -0.25) is 4.72 Å². The molecule has 14 heteroatoms. The van der Waals surface area contributed by atoms with Gasteiger partial charge in [0.2, 0.25) is 12.4 Å². The minimum atomic E-state index is -4.58. The lowest BCUT2D eigenvalue weighted by molar-refractivity contribution is -0.0500. The van der Waals surface area contributed by atoms with Crippen LogP contribution in [-0.2, 0) is 14.8 Å². The molecule has 2 aliphatic rings. The Kier molecular flexibility index (Phi) is 8.44. The van der Waals surface area contributed by atoms with Gasteiger partial charge in [0.25, 0.3) is 10.0 Å². The maximum atomic E-state index is 15.2. The lowest BCUT2D eigenvalue weighted by Gasteiger charge is -2.51. The van der Waals surface area contributed by atoms with Crippen molar-refractivity contribution in [2.24, 2.45) is 5.92 Å². The van der Waals surface area contributed by atoms with E-state index in [1.807, 2.05) is 9.62 Å². The zero-order valence-corrected chi connectivity index (χ0v) is 22.2. The van der Waals surface area contributed by atoms with Gasteiger partial charge in [-0.05, 0) is 44.0 Å². The third kappa shape index (κ3) is 6.08.